The van der Waals surface area contributed by atoms with Gasteiger partial charge in [0.05, 0.1) is 11.4 Å². The van der Waals surface area contributed by atoms with Crippen LogP contribution in [-0.4, -0.2) is 9.97 Å². The molecule has 2 heterocycles. The van der Waals surface area contributed by atoms with Crippen LogP contribution in [0.4, 0.5) is 0 Å². The molecule has 152 valence electrons. The van der Waals surface area contributed by atoms with Crippen molar-refractivity contribution in [3.63, 3.8) is 0 Å². The first-order valence-electron chi connectivity index (χ1n) is 10.4. The van der Waals surface area contributed by atoms with Crippen molar-refractivity contribution in [3.8, 4) is 33.6 Å². The van der Waals surface area contributed by atoms with Gasteiger partial charge in [0.25, 0.3) is 0 Å². The molecule has 0 saturated heterocycles. The summed E-state index contributed by atoms with van der Waals surface area (Å²) in [6.45, 7) is 0. The summed E-state index contributed by atoms with van der Waals surface area (Å²) in [7, 11) is 0. The molecule has 2 nitrogen and oxygen atoms in total. The Balaban J connectivity index is 1.40. The summed E-state index contributed by atoms with van der Waals surface area (Å²) < 4.78 is 3.35. The van der Waals surface area contributed by atoms with E-state index in [0.29, 0.717) is 0 Å². The second kappa shape index (κ2) is 8.11. The SMILES string of the molecule is Ic1nc(-c2ccc(-c3ccccc3)cc2)cc(-c2ccc3c(c2)sc2ccccc23)n1. The highest BCUT2D eigenvalue weighted by Crippen LogP contribution is 2.36. The fourth-order valence-electron chi connectivity index (χ4n) is 4.06. The van der Waals surface area contributed by atoms with E-state index in [4.69, 9.17) is 9.97 Å². The first kappa shape index (κ1) is 19.6. The van der Waals surface area contributed by atoms with E-state index in [2.05, 4.69) is 120 Å². The second-order valence-corrected chi connectivity index (χ2v) is 9.71. The van der Waals surface area contributed by atoms with Gasteiger partial charge < -0.3 is 0 Å². The lowest BCUT2D eigenvalue weighted by atomic mass is 10.0. The molecule has 0 aliphatic rings. The van der Waals surface area contributed by atoms with Crippen LogP contribution in [0.2, 0.25) is 0 Å². The van der Waals surface area contributed by atoms with Crippen molar-refractivity contribution in [3.05, 3.63) is 107 Å². The van der Waals surface area contributed by atoms with Crippen molar-refractivity contribution in [2.24, 2.45) is 0 Å². The largest absolute Gasteiger partial charge is 0.223 e. The van der Waals surface area contributed by atoms with Crippen LogP contribution in [0.5, 0.6) is 0 Å². The zero-order valence-corrected chi connectivity index (χ0v) is 20.0. The maximum atomic E-state index is 4.74. The quantitative estimate of drug-likeness (QED) is 0.166. The predicted molar refractivity (Wildman–Crippen MR) is 144 cm³/mol. The summed E-state index contributed by atoms with van der Waals surface area (Å²) in [4.78, 5) is 9.44. The molecular weight excluding hydrogens is 523 g/mol. The molecule has 32 heavy (non-hydrogen) atoms. The van der Waals surface area contributed by atoms with E-state index in [1.807, 2.05) is 17.4 Å². The molecule has 6 aromatic rings. The van der Waals surface area contributed by atoms with E-state index in [1.165, 1.54) is 31.3 Å². The third-order valence-electron chi connectivity index (χ3n) is 5.66. The Morgan fingerprint density at radius 3 is 1.91 bits per heavy atom. The minimum atomic E-state index is 0.749. The molecule has 0 radical (unpaired) electrons. The second-order valence-electron chi connectivity index (χ2n) is 7.66. The molecule has 6 rings (SSSR count). The van der Waals surface area contributed by atoms with Crippen molar-refractivity contribution in [1.82, 2.24) is 9.97 Å². The number of hydrogen-bond donors (Lipinski definition) is 0. The van der Waals surface area contributed by atoms with E-state index in [9.17, 15) is 0 Å². The van der Waals surface area contributed by atoms with Gasteiger partial charge in [0.15, 0.2) is 3.83 Å². The highest BCUT2D eigenvalue weighted by molar-refractivity contribution is 14.1. The number of benzene rings is 4. The van der Waals surface area contributed by atoms with Crippen molar-refractivity contribution >= 4 is 54.1 Å². The fourth-order valence-corrected chi connectivity index (χ4v) is 5.73. The van der Waals surface area contributed by atoms with Gasteiger partial charge >= 0.3 is 0 Å². The summed E-state index contributed by atoms with van der Waals surface area (Å²) in [5.74, 6) is 0. The Bertz CT molecular complexity index is 1570. The molecule has 0 saturated carbocycles. The van der Waals surface area contributed by atoms with Crippen LogP contribution in [0.25, 0.3) is 53.8 Å². The van der Waals surface area contributed by atoms with Gasteiger partial charge in [-0.1, -0.05) is 84.9 Å². The number of hydrogen-bond acceptors (Lipinski definition) is 3. The van der Waals surface area contributed by atoms with Crippen LogP contribution < -0.4 is 0 Å². The van der Waals surface area contributed by atoms with E-state index in [-0.39, 0.29) is 0 Å². The molecule has 0 amide bonds. The van der Waals surface area contributed by atoms with Crippen LogP contribution in [0.3, 0.4) is 0 Å². The van der Waals surface area contributed by atoms with E-state index < -0.39 is 0 Å². The number of fused-ring (bicyclic) bond motifs is 3. The number of halogens is 1. The lowest BCUT2D eigenvalue weighted by molar-refractivity contribution is 1.12. The van der Waals surface area contributed by atoms with Gasteiger partial charge in [0.1, 0.15) is 0 Å². The molecule has 0 N–H and O–H groups in total. The zero-order valence-electron chi connectivity index (χ0n) is 17.0. The van der Waals surface area contributed by atoms with Crippen molar-refractivity contribution in [1.29, 1.82) is 0 Å². The number of thiophene rings is 1. The summed E-state index contributed by atoms with van der Waals surface area (Å²) in [6.07, 6.45) is 0. The highest BCUT2D eigenvalue weighted by atomic mass is 127. The standard InChI is InChI=1S/C28H17IN2S/c29-28-30-24(20-12-10-19(11-13-20)18-6-2-1-3-7-18)17-25(31-28)21-14-15-23-22-8-4-5-9-26(22)32-27(23)16-21/h1-17H. The fraction of sp³-hybridized carbons (Fsp3) is 0. The molecule has 0 atom stereocenters. The number of nitrogens with zero attached hydrogens (tertiary/aromatic N) is 2. The Hall–Kier alpha value is -3.09. The average Bonchev–Trinajstić information content (AvgIpc) is 3.22. The van der Waals surface area contributed by atoms with Crippen molar-refractivity contribution in [2.75, 3.05) is 0 Å². The summed E-state index contributed by atoms with van der Waals surface area (Å²) >= 11 is 4.04. The van der Waals surface area contributed by atoms with E-state index in [0.717, 1.165) is 26.3 Å². The van der Waals surface area contributed by atoms with Gasteiger partial charge in [-0.3, -0.25) is 0 Å². The summed E-state index contributed by atoms with van der Waals surface area (Å²) in [6, 6.07) is 36.3. The monoisotopic (exact) mass is 540 g/mol. The van der Waals surface area contributed by atoms with Crippen LogP contribution in [-0.2, 0) is 0 Å². The maximum absolute atomic E-state index is 4.74. The smallest absolute Gasteiger partial charge is 0.191 e. The first-order chi connectivity index (χ1) is 15.7. The minimum Gasteiger partial charge on any atom is -0.223 e. The molecule has 0 aliphatic heterocycles. The first-order valence-corrected chi connectivity index (χ1v) is 12.3. The Kier molecular flexibility index (Phi) is 4.97. The van der Waals surface area contributed by atoms with Gasteiger partial charge in [-0.25, -0.2) is 9.97 Å². The lowest BCUT2D eigenvalue weighted by Gasteiger charge is -2.08. The summed E-state index contributed by atoms with van der Waals surface area (Å²) in [5, 5.41) is 2.62. The van der Waals surface area contributed by atoms with Crippen LogP contribution in [0.1, 0.15) is 0 Å². The molecule has 4 aromatic carbocycles. The van der Waals surface area contributed by atoms with Crippen LogP contribution >= 0.6 is 33.9 Å². The van der Waals surface area contributed by atoms with Crippen molar-refractivity contribution in [2.45, 2.75) is 0 Å². The van der Waals surface area contributed by atoms with Gasteiger partial charge in [0, 0.05) is 53.9 Å². The Labute approximate surface area is 203 Å². The third kappa shape index (κ3) is 3.59. The van der Waals surface area contributed by atoms with E-state index >= 15 is 0 Å². The molecule has 0 spiro atoms. The predicted octanol–water partition coefficient (Wildman–Crippen LogP) is 8.45. The highest BCUT2D eigenvalue weighted by Gasteiger charge is 2.11. The maximum Gasteiger partial charge on any atom is 0.191 e. The number of aromatic nitrogens is 2. The minimum absolute atomic E-state index is 0.749. The van der Waals surface area contributed by atoms with Gasteiger partial charge in [0.2, 0.25) is 0 Å². The van der Waals surface area contributed by atoms with Gasteiger partial charge in [-0.05, 0) is 29.3 Å². The number of rotatable bonds is 3. The lowest BCUT2D eigenvalue weighted by Crippen LogP contribution is -1.94. The molecule has 0 fully saturated rings. The van der Waals surface area contributed by atoms with Gasteiger partial charge in [-0.2, -0.15) is 0 Å². The molecule has 4 heteroatoms. The third-order valence-corrected chi connectivity index (χ3v) is 7.28. The Morgan fingerprint density at radius 2 is 1.09 bits per heavy atom. The molecule has 0 bridgehead atoms. The normalized spacial score (nSPS) is 11.3. The zero-order chi connectivity index (χ0) is 21.5. The molecule has 0 unspecified atom stereocenters. The van der Waals surface area contributed by atoms with Crippen LogP contribution in [0.15, 0.2) is 103 Å². The van der Waals surface area contributed by atoms with Gasteiger partial charge in [-0.15, -0.1) is 11.3 Å². The Morgan fingerprint density at radius 1 is 0.500 bits per heavy atom. The van der Waals surface area contributed by atoms with Crippen molar-refractivity contribution < 1.29 is 0 Å². The van der Waals surface area contributed by atoms with Crippen LogP contribution in [0, 0.1) is 3.83 Å². The average molecular weight is 540 g/mol. The summed E-state index contributed by atoms with van der Waals surface area (Å²) in [5.41, 5.74) is 6.52. The molecule has 0 aliphatic carbocycles. The van der Waals surface area contributed by atoms with E-state index in [1.54, 1.807) is 0 Å². The topological polar surface area (TPSA) is 25.8 Å². The molecule has 2 aromatic heterocycles. The molecular formula is C28H17IN2S.